The molecule has 0 N–H and O–H groups in total. The molecule has 0 aliphatic carbocycles. The van der Waals surface area contributed by atoms with Crippen molar-refractivity contribution in [1.29, 1.82) is 0 Å². The van der Waals surface area contributed by atoms with Crippen LogP contribution in [0.4, 0.5) is 0 Å². The molecule has 0 atom stereocenters. The molecule has 0 fully saturated rings. The summed E-state index contributed by atoms with van der Waals surface area (Å²) in [5.41, 5.74) is 0. The summed E-state index contributed by atoms with van der Waals surface area (Å²) in [4.78, 5) is 4.51. The van der Waals surface area contributed by atoms with Crippen LogP contribution in [0.5, 0.6) is 0 Å². The van der Waals surface area contributed by atoms with Crippen molar-refractivity contribution in [2.75, 3.05) is 13.2 Å². The SMILES string of the molecule is C=CN1C=CN(CCCCCCCCCCCCCCCCCC)C1. The first-order valence-electron chi connectivity index (χ1n) is 11.2. The van der Waals surface area contributed by atoms with Crippen molar-refractivity contribution in [3.05, 3.63) is 25.2 Å². The van der Waals surface area contributed by atoms with Gasteiger partial charge in [-0.05, 0) is 12.6 Å². The zero-order valence-electron chi connectivity index (χ0n) is 17.1. The highest BCUT2D eigenvalue weighted by atomic mass is 15.3. The molecule has 1 heterocycles. The summed E-state index contributed by atoms with van der Waals surface area (Å²) in [7, 11) is 0. The summed E-state index contributed by atoms with van der Waals surface area (Å²) in [5, 5.41) is 0. The third-order valence-corrected chi connectivity index (χ3v) is 5.35. The van der Waals surface area contributed by atoms with Gasteiger partial charge in [0.2, 0.25) is 0 Å². The van der Waals surface area contributed by atoms with Crippen LogP contribution in [0.15, 0.2) is 25.2 Å². The van der Waals surface area contributed by atoms with Gasteiger partial charge in [0, 0.05) is 18.9 Å². The molecule has 0 aromatic rings. The third-order valence-electron chi connectivity index (χ3n) is 5.35. The van der Waals surface area contributed by atoms with E-state index in [0.717, 1.165) is 6.67 Å². The fourth-order valence-corrected chi connectivity index (χ4v) is 3.61. The number of hydrogen-bond acceptors (Lipinski definition) is 2. The second-order valence-corrected chi connectivity index (χ2v) is 7.75. The maximum atomic E-state index is 3.80. The van der Waals surface area contributed by atoms with Crippen LogP contribution in [0.1, 0.15) is 110 Å². The van der Waals surface area contributed by atoms with Gasteiger partial charge in [0.1, 0.15) is 0 Å². The first kappa shape index (κ1) is 22.1. The summed E-state index contributed by atoms with van der Waals surface area (Å²) in [5.74, 6) is 0. The zero-order chi connectivity index (χ0) is 18.0. The summed E-state index contributed by atoms with van der Waals surface area (Å²) < 4.78 is 0. The van der Waals surface area contributed by atoms with E-state index in [1.165, 1.54) is 109 Å². The molecule has 0 amide bonds. The van der Waals surface area contributed by atoms with E-state index in [1.54, 1.807) is 0 Å². The molecule has 0 spiro atoms. The van der Waals surface area contributed by atoms with Crippen LogP contribution in [-0.4, -0.2) is 23.0 Å². The van der Waals surface area contributed by atoms with Crippen LogP contribution in [-0.2, 0) is 0 Å². The van der Waals surface area contributed by atoms with Crippen molar-refractivity contribution in [3.8, 4) is 0 Å². The molecule has 0 unspecified atom stereocenters. The van der Waals surface area contributed by atoms with Gasteiger partial charge >= 0.3 is 0 Å². The molecule has 2 nitrogen and oxygen atoms in total. The maximum Gasteiger partial charge on any atom is 0.0935 e. The molecule has 2 heteroatoms. The minimum absolute atomic E-state index is 0.988. The van der Waals surface area contributed by atoms with Crippen molar-refractivity contribution in [2.45, 2.75) is 110 Å². The Hall–Kier alpha value is -0.920. The van der Waals surface area contributed by atoms with E-state index in [0.29, 0.717) is 0 Å². The fraction of sp³-hybridized carbons (Fsp3) is 0.826. The predicted molar refractivity (Wildman–Crippen MR) is 112 cm³/mol. The smallest absolute Gasteiger partial charge is 0.0935 e. The van der Waals surface area contributed by atoms with Gasteiger partial charge < -0.3 is 9.80 Å². The lowest BCUT2D eigenvalue weighted by molar-refractivity contribution is 0.307. The highest BCUT2D eigenvalue weighted by molar-refractivity contribution is 4.94. The number of unbranched alkanes of at least 4 members (excludes halogenated alkanes) is 15. The van der Waals surface area contributed by atoms with Gasteiger partial charge in [-0.3, -0.25) is 0 Å². The van der Waals surface area contributed by atoms with Gasteiger partial charge in [-0.15, -0.1) is 0 Å². The van der Waals surface area contributed by atoms with Gasteiger partial charge in [-0.2, -0.15) is 0 Å². The van der Waals surface area contributed by atoms with Crippen molar-refractivity contribution in [2.24, 2.45) is 0 Å². The summed E-state index contributed by atoms with van der Waals surface area (Å²) in [6, 6.07) is 0. The van der Waals surface area contributed by atoms with Crippen LogP contribution in [0.25, 0.3) is 0 Å². The van der Waals surface area contributed by atoms with Gasteiger partial charge in [0.15, 0.2) is 0 Å². The lowest BCUT2D eigenvalue weighted by Crippen LogP contribution is -2.22. The number of rotatable bonds is 18. The van der Waals surface area contributed by atoms with Crippen molar-refractivity contribution in [1.82, 2.24) is 9.80 Å². The highest BCUT2D eigenvalue weighted by Crippen LogP contribution is 2.14. The average Bonchev–Trinajstić information content (AvgIpc) is 3.09. The van der Waals surface area contributed by atoms with Gasteiger partial charge in [-0.25, -0.2) is 0 Å². The van der Waals surface area contributed by atoms with E-state index in [-0.39, 0.29) is 0 Å². The molecular weight excluding hydrogens is 304 g/mol. The predicted octanol–water partition coefficient (Wildman–Crippen LogP) is 7.44. The van der Waals surface area contributed by atoms with Crippen LogP contribution in [0, 0.1) is 0 Å². The zero-order valence-corrected chi connectivity index (χ0v) is 17.1. The molecule has 0 radical (unpaired) electrons. The molecule has 0 bridgehead atoms. The molecule has 1 rings (SSSR count). The summed E-state index contributed by atoms with van der Waals surface area (Å²) in [6.45, 7) is 8.28. The molecule has 0 aromatic carbocycles. The van der Waals surface area contributed by atoms with E-state index < -0.39 is 0 Å². The number of hydrogen-bond donors (Lipinski definition) is 0. The molecule has 1 aliphatic heterocycles. The average molecular weight is 349 g/mol. The monoisotopic (exact) mass is 348 g/mol. The van der Waals surface area contributed by atoms with E-state index in [1.807, 2.05) is 6.20 Å². The lowest BCUT2D eigenvalue weighted by atomic mass is 10.0. The molecule has 146 valence electrons. The van der Waals surface area contributed by atoms with E-state index in [9.17, 15) is 0 Å². The Labute approximate surface area is 158 Å². The first-order chi connectivity index (χ1) is 12.4. The Morgan fingerprint density at radius 3 is 1.52 bits per heavy atom. The third kappa shape index (κ3) is 13.0. The van der Waals surface area contributed by atoms with E-state index in [2.05, 4.69) is 35.7 Å². The Bertz CT molecular complexity index is 324. The lowest BCUT2D eigenvalue weighted by Gasteiger charge is -2.18. The Kier molecular flexibility index (Phi) is 14.6. The minimum Gasteiger partial charge on any atom is -0.358 e. The van der Waals surface area contributed by atoms with Crippen LogP contribution in [0.3, 0.4) is 0 Å². The molecule has 25 heavy (non-hydrogen) atoms. The Morgan fingerprint density at radius 2 is 1.12 bits per heavy atom. The van der Waals surface area contributed by atoms with Crippen LogP contribution < -0.4 is 0 Å². The minimum atomic E-state index is 0.988. The highest BCUT2D eigenvalue weighted by Gasteiger charge is 2.08. The van der Waals surface area contributed by atoms with E-state index in [4.69, 9.17) is 0 Å². The number of nitrogens with zero attached hydrogens (tertiary/aromatic N) is 2. The van der Waals surface area contributed by atoms with Gasteiger partial charge in [-0.1, -0.05) is 110 Å². The molecule has 0 saturated carbocycles. The topological polar surface area (TPSA) is 6.48 Å². The van der Waals surface area contributed by atoms with Crippen molar-refractivity contribution >= 4 is 0 Å². The maximum absolute atomic E-state index is 3.80. The van der Waals surface area contributed by atoms with Crippen molar-refractivity contribution < 1.29 is 0 Å². The summed E-state index contributed by atoms with van der Waals surface area (Å²) >= 11 is 0. The molecule has 0 saturated heterocycles. The second-order valence-electron chi connectivity index (χ2n) is 7.75. The Morgan fingerprint density at radius 1 is 0.680 bits per heavy atom. The van der Waals surface area contributed by atoms with Gasteiger partial charge in [0.25, 0.3) is 0 Å². The standard InChI is InChI=1S/C23H44N2/c1-3-5-6-7-8-9-10-11-12-13-14-15-16-17-18-19-20-25-22-21-24(4-2)23-25/h4,21-22H,2-3,5-20,23H2,1H3. The van der Waals surface area contributed by atoms with Crippen molar-refractivity contribution in [3.63, 3.8) is 0 Å². The molecular formula is C23H44N2. The first-order valence-corrected chi connectivity index (χ1v) is 11.2. The normalized spacial score (nSPS) is 13.8. The van der Waals surface area contributed by atoms with E-state index >= 15 is 0 Å². The molecule has 0 aromatic heterocycles. The quantitative estimate of drug-likeness (QED) is 0.237. The van der Waals surface area contributed by atoms with Crippen LogP contribution >= 0.6 is 0 Å². The largest absolute Gasteiger partial charge is 0.358 e. The molecule has 1 aliphatic rings. The van der Waals surface area contributed by atoms with Gasteiger partial charge in [0.05, 0.1) is 6.67 Å². The second kappa shape index (κ2) is 16.5. The summed E-state index contributed by atoms with van der Waals surface area (Å²) in [6.07, 6.45) is 29.2. The fourth-order valence-electron chi connectivity index (χ4n) is 3.61. The Balaban J connectivity index is 1.70. The van der Waals surface area contributed by atoms with Crippen LogP contribution in [0.2, 0.25) is 0 Å².